The normalized spacial score (nSPS) is 12.1. The zero-order chi connectivity index (χ0) is 11.6. The average Bonchev–Trinajstić information content (AvgIpc) is 2.05. The number of aromatic nitrogens is 1. The van der Waals surface area contributed by atoms with E-state index in [1.165, 1.54) is 0 Å². The Labute approximate surface area is 84.5 Å². The summed E-state index contributed by atoms with van der Waals surface area (Å²) in [6, 6.07) is 0.582. The fourth-order valence-corrected chi connectivity index (χ4v) is 1.24. The molecule has 0 atom stereocenters. The molecule has 0 saturated heterocycles. The molecule has 0 aliphatic rings. The summed E-state index contributed by atoms with van der Waals surface area (Å²) in [5, 5.41) is 0. The fourth-order valence-electron chi connectivity index (χ4n) is 1.24. The molecule has 1 aromatic rings. The van der Waals surface area contributed by atoms with Gasteiger partial charge < -0.3 is 9.88 Å². The van der Waals surface area contributed by atoms with Crippen LogP contribution in [0.25, 0.3) is 0 Å². The number of nitrogens with one attached hydrogen (secondary N) is 1. The van der Waals surface area contributed by atoms with Gasteiger partial charge in [-0.3, -0.25) is 4.79 Å². The first-order valence-corrected chi connectivity index (χ1v) is 4.24. The summed E-state index contributed by atoms with van der Waals surface area (Å²) in [7, 11) is 3.32. The van der Waals surface area contributed by atoms with Gasteiger partial charge in [0.15, 0.2) is 0 Å². The Balaban J connectivity index is 3.21. The number of hydrogen-bond acceptors (Lipinski definition) is 2. The summed E-state index contributed by atoms with van der Waals surface area (Å²) < 4.78 is 37.5. The third kappa shape index (κ3) is 3.09. The van der Waals surface area contributed by atoms with Crippen molar-refractivity contribution in [2.45, 2.75) is 12.7 Å². The van der Waals surface area contributed by atoms with Crippen LogP contribution in [0.1, 0.15) is 11.1 Å². The average molecular weight is 220 g/mol. The van der Waals surface area contributed by atoms with E-state index in [0.717, 1.165) is 6.20 Å². The van der Waals surface area contributed by atoms with Gasteiger partial charge >= 0.3 is 6.18 Å². The lowest BCUT2D eigenvalue weighted by molar-refractivity contribution is -0.138. The smallest absolute Gasteiger partial charge is 0.329 e. The minimum absolute atomic E-state index is 0.0621. The van der Waals surface area contributed by atoms with Gasteiger partial charge in [-0.25, -0.2) is 0 Å². The lowest BCUT2D eigenvalue weighted by Gasteiger charge is -2.15. The molecule has 15 heavy (non-hydrogen) atoms. The maximum absolute atomic E-state index is 12.5. The molecule has 0 aliphatic heterocycles. The molecule has 0 aromatic carbocycles. The predicted octanol–water partition coefficient (Wildman–Crippen LogP) is 1.46. The summed E-state index contributed by atoms with van der Waals surface area (Å²) in [6.07, 6.45) is -3.38. The molecule has 1 rings (SSSR count). The number of pyridine rings is 1. The minimum Gasteiger partial charge on any atom is -0.329 e. The van der Waals surface area contributed by atoms with E-state index in [0.29, 0.717) is 6.07 Å². The first-order chi connectivity index (χ1) is 6.80. The first kappa shape index (κ1) is 11.8. The Morgan fingerprint density at radius 1 is 1.40 bits per heavy atom. The molecule has 1 aromatic heterocycles. The molecular weight excluding hydrogens is 209 g/mol. The first-order valence-electron chi connectivity index (χ1n) is 4.24. The molecule has 0 saturated carbocycles. The molecular formula is C9H11F3N2O. The number of nitrogens with zero attached hydrogens (tertiary/aromatic N) is 1. The van der Waals surface area contributed by atoms with Gasteiger partial charge in [0.2, 0.25) is 5.56 Å². The van der Waals surface area contributed by atoms with Crippen LogP contribution in [0.5, 0.6) is 0 Å². The lowest BCUT2D eigenvalue weighted by Crippen LogP contribution is -2.20. The summed E-state index contributed by atoms with van der Waals surface area (Å²) >= 11 is 0. The van der Waals surface area contributed by atoms with Crippen molar-refractivity contribution >= 4 is 0 Å². The molecule has 0 aliphatic carbocycles. The molecule has 0 spiro atoms. The van der Waals surface area contributed by atoms with E-state index in [1.807, 2.05) is 0 Å². The number of aromatic amines is 1. The lowest BCUT2D eigenvalue weighted by atomic mass is 10.1. The van der Waals surface area contributed by atoms with Crippen LogP contribution in [-0.2, 0) is 12.7 Å². The third-order valence-electron chi connectivity index (χ3n) is 1.80. The van der Waals surface area contributed by atoms with E-state index >= 15 is 0 Å². The molecule has 0 amide bonds. The van der Waals surface area contributed by atoms with E-state index in [-0.39, 0.29) is 12.1 Å². The predicted molar refractivity (Wildman–Crippen MR) is 49.5 cm³/mol. The van der Waals surface area contributed by atoms with Crippen molar-refractivity contribution in [1.82, 2.24) is 9.88 Å². The fraction of sp³-hybridized carbons (Fsp3) is 0.444. The molecule has 0 fully saturated rings. The van der Waals surface area contributed by atoms with Crippen LogP contribution in [-0.4, -0.2) is 24.0 Å². The van der Waals surface area contributed by atoms with Gasteiger partial charge in [0.1, 0.15) is 0 Å². The molecule has 1 N–H and O–H groups in total. The number of halogens is 3. The zero-order valence-corrected chi connectivity index (χ0v) is 8.35. The van der Waals surface area contributed by atoms with Gasteiger partial charge in [-0.15, -0.1) is 0 Å². The summed E-state index contributed by atoms with van der Waals surface area (Å²) in [6.45, 7) is 0.131. The highest BCUT2D eigenvalue weighted by Crippen LogP contribution is 2.30. The Morgan fingerprint density at radius 3 is 2.47 bits per heavy atom. The minimum atomic E-state index is -4.49. The van der Waals surface area contributed by atoms with Gasteiger partial charge in [0.25, 0.3) is 0 Å². The SMILES string of the molecule is CN(C)Cc1c[nH]c(=O)cc1C(F)(F)F. The van der Waals surface area contributed by atoms with Gasteiger partial charge in [-0.1, -0.05) is 0 Å². The van der Waals surface area contributed by atoms with Crippen molar-refractivity contribution in [3.05, 3.63) is 33.7 Å². The largest absolute Gasteiger partial charge is 0.416 e. The number of H-pyrrole nitrogens is 1. The second-order valence-electron chi connectivity index (χ2n) is 3.47. The van der Waals surface area contributed by atoms with Crippen LogP contribution in [0.3, 0.4) is 0 Å². The van der Waals surface area contributed by atoms with Gasteiger partial charge in [0, 0.05) is 18.8 Å². The van der Waals surface area contributed by atoms with Crippen molar-refractivity contribution in [2.24, 2.45) is 0 Å². The summed E-state index contributed by atoms with van der Waals surface area (Å²) in [5.74, 6) is 0. The standard InChI is InChI=1S/C9H11F3N2O/c1-14(2)5-6-4-13-8(15)3-7(6)9(10,11)12/h3-4H,5H2,1-2H3,(H,13,15). The number of hydrogen-bond donors (Lipinski definition) is 1. The van der Waals surface area contributed by atoms with Gasteiger partial charge in [-0.05, 0) is 19.7 Å². The van der Waals surface area contributed by atoms with Crippen molar-refractivity contribution in [3.8, 4) is 0 Å². The molecule has 0 radical (unpaired) electrons. The Kier molecular flexibility index (Phi) is 3.18. The van der Waals surface area contributed by atoms with Crippen molar-refractivity contribution in [1.29, 1.82) is 0 Å². The molecule has 0 unspecified atom stereocenters. The topological polar surface area (TPSA) is 36.1 Å². The van der Waals surface area contributed by atoms with Crippen LogP contribution in [0.4, 0.5) is 13.2 Å². The van der Waals surface area contributed by atoms with E-state index in [9.17, 15) is 18.0 Å². The van der Waals surface area contributed by atoms with E-state index in [1.54, 1.807) is 19.0 Å². The van der Waals surface area contributed by atoms with Crippen molar-refractivity contribution < 1.29 is 13.2 Å². The number of alkyl halides is 3. The van der Waals surface area contributed by atoms with Crippen LogP contribution in [0.2, 0.25) is 0 Å². The van der Waals surface area contributed by atoms with Crippen LogP contribution in [0.15, 0.2) is 17.1 Å². The van der Waals surface area contributed by atoms with Gasteiger partial charge in [-0.2, -0.15) is 13.2 Å². The quantitative estimate of drug-likeness (QED) is 0.819. The van der Waals surface area contributed by atoms with Crippen LogP contribution < -0.4 is 5.56 Å². The van der Waals surface area contributed by atoms with E-state index in [2.05, 4.69) is 4.98 Å². The third-order valence-corrected chi connectivity index (χ3v) is 1.80. The highest BCUT2D eigenvalue weighted by Gasteiger charge is 2.33. The van der Waals surface area contributed by atoms with Crippen molar-refractivity contribution in [2.75, 3.05) is 14.1 Å². The number of rotatable bonds is 2. The molecule has 6 heteroatoms. The summed E-state index contributed by atoms with van der Waals surface area (Å²) in [5.41, 5.74) is -1.56. The molecule has 3 nitrogen and oxygen atoms in total. The maximum Gasteiger partial charge on any atom is 0.416 e. The van der Waals surface area contributed by atoms with Crippen LogP contribution in [0, 0.1) is 0 Å². The molecule has 0 bridgehead atoms. The highest BCUT2D eigenvalue weighted by molar-refractivity contribution is 5.26. The van der Waals surface area contributed by atoms with E-state index in [4.69, 9.17) is 0 Å². The monoisotopic (exact) mass is 220 g/mol. The van der Waals surface area contributed by atoms with Gasteiger partial charge in [0.05, 0.1) is 5.56 Å². The molecule has 1 heterocycles. The maximum atomic E-state index is 12.5. The zero-order valence-electron chi connectivity index (χ0n) is 8.35. The Hall–Kier alpha value is -1.30. The van der Waals surface area contributed by atoms with E-state index < -0.39 is 17.3 Å². The molecule has 84 valence electrons. The van der Waals surface area contributed by atoms with Crippen molar-refractivity contribution in [3.63, 3.8) is 0 Å². The van der Waals surface area contributed by atoms with Crippen LogP contribution >= 0.6 is 0 Å². The second kappa shape index (κ2) is 4.06. The Morgan fingerprint density at radius 2 is 2.00 bits per heavy atom. The Bertz CT molecular complexity index is 395. The highest BCUT2D eigenvalue weighted by atomic mass is 19.4. The summed E-state index contributed by atoms with van der Waals surface area (Å²) in [4.78, 5) is 14.6. The second-order valence-corrected chi connectivity index (χ2v) is 3.47.